The van der Waals surface area contributed by atoms with E-state index >= 15 is 0 Å². The van der Waals surface area contributed by atoms with Crippen LogP contribution in [0.25, 0.3) is 0 Å². The fraction of sp³-hybridized carbons (Fsp3) is 0.900. The predicted octanol–water partition coefficient (Wildman–Crippen LogP) is 0.915. The Morgan fingerprint density at radius 1 is 1.67 bits per heavy atom. The number of aliphatic carboxylic acids is 1. The molecule has 88 valence electrons. The Morgan fingerprint density at radius 3 is 3.13 bits per heavy atom. The minimum atomic E-state index is -0.720. The maximum Gasteiger partial charge on any atom is 0.304 e. The van der Waals surface area contributed by atoms with Crippen LogP contribution < -0.4 is 0 Å². The van der Waals surface area contributed by atoms with E-state index in [1.54, 1.807) is 11.8 Å². The molecule has 1 rings (SSSR count). The number of hydrogen-bond acceptors (Lipinski definition) is 4. The van der Waals surface area contributed by atoms with E-state index in [2.05, 4.69) is 11.8 Å². The summed E-state index contributed by atoms with van der Waals surface area (Å²) in [6, 6.07) is 0. The van der Waals surface area contributed by atoms with Gasteiger partial charge in [0, 0.05) is 24.6 Å². The van der Waals surface area contributed by atoms with Crippen molar-refractivity contribution in [3.63, 3.8) is 0 Å². The molecule has 4 nitrogen and oxygen atoms in total. The molecule has 1 aliphatic heterocycles. The van der Waals surface area contributed by atoms with Crippen LogP contribution in [0.1, 0.15) is 13.3 Å². The third-order valence-corrected chi connectivity index (χ3v) is 3.53. The second kappa shape index (κ2) is 7.09. The van der Waals surface area contributed by atoms with Crippen molar-refractivity contribution in [1.82, 2.24) is 4.90 Å². The molecular weight excluding hydrogens is 214 g/mol. The monoisotopic (exact) mass is 233 g/mol. The second-order valence-corrected chi connectivity index (χ2v) is 4.75. The van der Waals surface area contributed by atoms with Gasteiger partial charge >= 0.3 is 5.97 Å². The highest BCUT2D eigenvalue weighted by Gasteiger charge is 2.18. The Morgan fingerprint density at radius 2 is 2.47 bits per heavy atom. The zero-order valence-corrected chi connectivity index (χ0v) is 9.96. The lowest BCUT2D eigenvalue weighted by Gasteiger charge is -2.31. The van der Waals surface area contributed by atoms with E-state index in [1.807, 2.05) is 0 Å². The SMILES string of the molecule is CCN1CCOC(CSCCC(=O)O)C1. The molecule has 5 heteroatoms. The van der Waals surface area contributed by atoms with Crippen LogP contribution in [0.15, 0.2) is 0 Å². The van der Waals surface area contributed by atoms with Gasteiger partial charge in [0.1, 0.15) is 0 Å². The highest BCUT2D eigenvalue weighted by atomic mass is 32.2. The van der Waals surface area contributed by atoms with Gasteiger partial charge in [-0.1, -0.05) is 6.92 Å². The molecule has 0 spiro atoms. The van der Waals surface area contributed by atoms with E-state index in [0.29, 0.717) is 5.75 Å². The molecule has 0 bridgehead atoms. The van der Waals surface area contributed by atoms with Crippen LogP contribution in [-0.4, -0.2) is 59.8 Å². The quantitative estimate of drug-likeness (QED) is 0.691. The van der Waals surface area contributed by atoms with Crippen molar-refractivity contribution < 1.29 is 14.6 Å². The van der Waals surface area contributed by atoms with Gasteiger partial charge in [0.25, 0.3) is 0 Å². The maximum atomic E-state index is 10.3. The fourth-order valence-electron chi connectivity index (χ4n) is 1.54. The van der Waals surface area contributed by atoms with Crippen molar-refractivity contribution in [3.05, 3.63) is 0 Å². The Labute approximate surface area is 95.0 Å². The lowest BCUT2D eigenvalue weighted by atomic mass is 10.3. The number of carboxylic acid groups (broad SMARTS) is 1. The van der Waals surface area contributed by atoms with E-state index in [-0.39, 0.29) is 12.5 Å². The molecule has 0 aliphatic carbocycles. The first-order valence-corrected chi connectivity index (χ1v) is 6.51. The highest BCUT2D eigenvalue weighted by molar-refractivity contribution is 7.99. The standard InChI is InChI=1S/C10H19NO3S/c1-2-11-4-5-14-9(7-11)8-15-6-3-10(12)13/h9H,2-8H2,1H3,(H,12,13). The van der Waals surface area contributed by atoms with Crippen LogP contribution in [0.2, 0.25) is 0 Å². The number of nitrogens with zero attached hydrogens (tertiary/aromatic N) is 1. The molecule has 0 radical (unpaired) electrons. The molecule has 1 heterocycles. The Hall–Kier alpha value is -0.260. The maximum absolute atomic E-state index is 10.3. The van der Waals surface area contributed by atoms with Crippen molar-refractivity contribution in [3.8, 4) is 0 Å². The van der Waals surface area contributed by atoms with Gasteiger partial charge in [0.2, 0.25) is 0 Å². The first-order chi connectivity index (χ1) is 7.22. The van der Waals surface area contributed by atoms with Gasteiger partial charge in [0.15, 0.2) is 0 Å². The molecule has 1 saturated heterocycles. The number of rotatable bonds is 6. The summed E-state index contributed by atoms with van der Waals surface area (Å²) in [5, 5.41) is 8.48. The summed E-state index contributed by atoms with van der Waals surface area (Å²) >= 11 is 1.67. The van der Waals surface area contributed by atoms with E-state index in [0.717, 1.165) is 32.0 Å². The zero-order chi connectivity index (χ0) is 11.1. The fourth-order valence-corrected chi connectivity index (χ4v) is 2.49. The smallest absolute Gasteiger partial charge is 0.304 e. The van der Waals surface area contributed by atoms with Crippen LogP contribution >= 0.6 is 11.8 Å². The molecule has 0 saturated carbocycles. The number of hydrogen-bond donors (Lipinski definition) is 1. The van der Waals surface area contributed by atoms with Crippen LogP contribution in [0, 0.1) is 0 Å². The molecule has 0 aromatic carbocycles. The van der Waals surface area contributed by atoms with Gasteiger partial charge in [0.05, 0.1) is 19.1 Å². The zero-order valence-electron chi connectivity index (χ0n) is 9.15. The lowest BCUT2D eigenvalue weighted by Crippen LogP contribution is -2.43. The van der Waals surface area contributed by atoms with Crippen LogP contribution in [0.5, 0.6) is 0 Å². The number of carboxylic acids is 1. The summed E-state index contributed by atoms with van der Waals surface area (Å²) < 4.78 is 5.61. The largest absolute Gasteiger partial charge is 0.481 e. The highest BCUT2D eigenvalue weighted by Crippen LogP contribution is 2.12. The number of likely N-dealkylation sites (N-methyl/N-ethyl adjacent to an activating group) is 1. The topological polar surface area (TPSA) is 49.8 Å². The summed E-state index contributed by atoms with van der Waals surface area (Å²) in [6.07, 6.45) is 0.520. The predicted molar refractivity (Wildman–Crippen MR) is 61.4 cm³/mol. The van der Waals surface area contributed by atoms with Crippen molar-refractivity contribution in [2.75, 3.05) is 37.7 Å². The van der Waals surface area contributed by atoms with Crippen molar-refractivity contribution in [2.45, 2.75) is 19.4 Å². The molecule has 1 fully saturated rings. The molecule has 1 atom stereocenters. The van der Waals surface area contributed by atoms with Crippen LogP contribution in [0.4, 0.5) is 0 Å². The Kier molecular flexibility index (Phi) is 6.05. The number of morpholine rings is 1. The molecule has 0 amide bonds. The molecule has 1 unspecified atom stereocenters. The second-order valence-electron chi connectivity index (χ2n) is 3.60. The van der Waals surface area contributed by atoms with Gasteiger partial charge < -0.3 is 9.84 Å². The number of thioether (sulfide) groups is 1. The molecule has 1 N–H and O–H groups in total. The summed E-state index contributed by atoms with van der Waals surface area (Å²) in [6.45, 7) is 6.03. The molecule has 1 aliphatic rings. The molecular formula is C10H19NO3S. The Bertz CT molecular complexity index is 201. The number of carbonyl (C=O) groups is 1. The molecule has 15 heavy (non-hydrogen) atoms. The van der Waals surface area contributed by atoms with Gasteiger partial charge in [-0.2, -0.15) is 11.8 Å². The summed E-state index contributed by atoms with van der Waals surface area (Å²) in [5.41, 5.74) is 0. The number of ether oxygens (including phenoxy) is 1. The minimum absolute atomic E-state index is 0.245. The van der Waals surface area contributed by atoms with Gasteiger partial charge in [-0.05, 0) is 6.54 Å². The first-order valence-electron chi connectivity index (χ1n) is 5.36. The van der Waals surface area contributed by atoms with Crippen LogP contribution in [0.3, 0.4) is 0 Å². The summed E-state index contributed by atoms with van der Waals surface area (Å²) in [4.78, 5) is 12.7. The molecule has 0 aromatic rings. The minimum Gasteiger partial charge on any atom is -0.481 e. The van der Waals surface area contributed by atoms with E-state index in [4.69, 9.17) is 9.84 Å². The van der Waals surface area contributed by atoms with Gasteiger partial charge in [-0.25, -0.2) is 0 Å². The van der Waals surface area contributed by atoms with E-state index in [9.17, 15) is 4.79 Å². The van der Waals surface area contributed by atoms with Crippen molar-refractivity contribution in [1.29, 1.82) is 0 Å². The van der Waals surface area contributed by atoms with Gasteiger partial charge in [-0.15, -0.1) is 0 Å². The lowest BCUT2D eigenvalue weighted by molar-refractivity contribution is -0.136. The van der Waals surface area contributed by atoms with E-state index < -0.39 is 5.97 Å². The average molecular weight is 233 g/mol. The van der Waals surface area contributed by atoms with Crippen molar-refractivity contribution >= 4 is 17.7 Å². The normalized spacial score (nSPS) is 22.9. The molecule has 0 aromatic heterocycles. The van der Waals surface area contributed by atoms with Crippen LogP contribution in [-0.2, 0) is 9.53 Å². The first kappa shape index (κ1) is 12.8. The summed E-state index contributed by atoms with van der Waals surface area (Å²) in [5.74, 6) is 0.868. The average Bonchev–Trinajstić information content (AvgIpc) is 2.24. The third kappa shape index (κ3) is 5.39. The summed E-state index contributed by atoms with van der Waals surface area (Å²) in [7, 11) is 0. The van der Waals surface area contributed by atoms with Crippen molar-refractivity contribution in [2.24, 2.45) is 0 Å². The van der Waals surface area contributed by atoms with Gasteiger partial charge in [-0.3, -0.25) is 9.69 Å². The third-order valence-electron chi connectivity index (χ3n) is 2.43. The van der Waals surface area contributed by atoms with E-state index in [1.165, 1.54) is 0 Å². The Balaban J connectivity index is 2.07.